The fraction of sp³-hybridized carbons (Fsp3) is 0.125. The molecular formula is C16H15F2N5O2. The van der Waals surface area contributed by atoms with Crippen LogP contribution in [0.15, 0.2) is 36.5 Å². The highest BCUT2D eigenvalue weighted by Gasteiger charge is 2.15. The van der Waals surface area contributed by atoms with E-state index in [1.165, 1.54) is 16.8 Å². The molecule has 0 aliphatic carbocycles. The van der Waals surface area contributed by atoms with Crippen LogP contribution in [0.25, 0.3) is 11.0 Å². The van der Waals surface area contributed by atoms with Crippen LogP contribution in [0.1, 0.15) is 18.2 Å². The van der Waals surface area contributed by atoms with Gasteiger partial charge in [0, 0.05) is 18.7 Å². The van der Waals surface area contributed by atoms with Gasteiger partial charge in [-0.3, -0.25) is 10.2 Å². The second-order valence-electron chi connectivity index (χ2n) is 5.03. The van der Waals surface area contributed by atoms with E-state index < -0.39 is 17.6 Å². The van der Waals surface area contributed by atoms with Crippen LogP contribution in [0.5, 0.6) is 0 Å². The lowest BCUT2D eigenvalue weighted by Crippen LogP contribution is -2.13. The summed E-state index contributed by atoms with van der Waals surface area (Å²) in [6.07, 6.45) is 1.56. The minimum Gasteiger partial charge on any atom is -0.481 e. The van der Waals surface area contributed by atoms with Crippen LogP contribution < -0.4 is 5.73 Å². The number of nitrogens with zero attached hydrogens (tertiary/aromatic N) is 3. The molecule has 0 fully saturated rings. The number of nitrogen functional groups attached to an aromatic ring is 1. The number of hydrogen-bond acceptors (Lipinski definition) is 4. The quantitative estimate of drug-likeness (QED) is 0.495. The van der Waals surface area contributed by atoms with Crippen LogP contribution in [-0.2, 0) is 11.3 Å². The zero-order valence-electron chi connectivity index (χ0n) is 13.2. The molecule has 25 heavy (non-hydrogen) atoms. The summed E-state index contributed by atoms with van der Waals surface area (Å²) in [7, 11) is 0. The lowest BCUT2D eigenvalue weighted by molar-refractivity contribution is -0.134. The van der Waals surface area contributed by atoms with E-state index in [0.717, 1.165) is 13.0 Å². The number of carboxylic acid groups (broad SMARTS) is 1. The van der Waals surface area contributed by atoms with E-state index in [9.17, 15) is 8.78 Å². The maximum absolute atomic E-state index is 13.7. The van der Waals surface area contributed by atoms with Crippen molar-refractivity contribution >= 4 is 22.8 Å². The molecule has 9 heteroatoms. The van der Waals surface area contributed by atoms with Crippen molar-refractivity contribution in [3.05, 3.63) is 59.4 Å². The minimum atomic E-state index is -0.915. The predicted molar refractivity (Wildman–Crippen MR) is 87.3 cm³/mol. The van der Waals surface area contributed by atoms with Gasteiger partial charge < -0.3 is 10.8 Å². The summed E-state index contributed by atoms with van der Waals surface area (Å²) in [4.78, 5) is 13.2. The summed E-state index contributed by atoms with van der Waals surface area (Å²) in [6, 6.07) is 7.38. The largest absolute Gasteiger partial charge is 0.481 e. The van der Waals surface area contributed by atoms with Crippen molar-refractivity contribution in [2.75, 3.05) is 0 Å². The molecule has 2 heterocycles. The van der Waals surface area contributed by atoms with Crippen molar-refractivity contribution in [3.8, 4) is 0 Å². The molecule has 0 atom stereocenters. The summed E-state index contributed by atoms with van der Waals surface area (Å²) in [5.41, 5.74) is 6.38. The Morgan fingerprint density at radius 3 is 2.64 bits per heavy atom. The molecule has 7 nitrogen and oxygen atoms in total. The van der Waals surface area contributed by atoms with Gasteiger partial charge in [0.25, 0.3) is 5.97 Å². The fourth-order valence-corrected chi connectivity index (χ4v) is 2.15. The zero-order valence-corrected chi connectivity index (χ0v) is 13.2. The smallest absolute Gasteiger partial charge is 0.300 e. The lowest BCUT2D eigenvalue weighted by Gasteiger charge is -2.05. The second-order valence-corrected chi connectivity index (χ2v) is 5.03. The van der Waals surface area contributed by atoms with Gasteiger partial charge in [0.15, 0.2) is 17.3 Å². The first kappa shape index (κ1) is 18.0. The molecular weight excluding hydrogens is 332 g/mol. The molecule has 0 spiro atoms. The van der Waals surface area contributed by atoms with Crippen LogP contribution in [-0.4, -0.2) is 31.7 Å². The highest BCUT2D eigenvalue weighted by Crippen LogP contribution is 2.19. The Morgan fingerprint density at radius 2 is 2.00 bits per heavy atom. The molecule has 1 aromatic carbocycles. The van der Waals surface area contributed by atoms with E-state index in [-0.39, 0.29) is 23.6 Å². The van der Waals surface area contributed by atoms with E-state index >= 15 is 0 Å². The number of amidine groups is 1. The van der Waals surface area contributed by atoms with Crippen LogP contribution >= 0.6 is 0 Å². The molecule has 0 saturated carbocycles. The minimum absolute atomic E-state index is 0.00435. The number of aliphatic carboxylic acids is 1. The Bertz CT molecular complexity index is 935. The van der Waals surface area contributed by atoms with Gasteiger partial charge >= 0.3 is 0 Å². The summed E-state index contributed by atoms with van der Waals surface area (Å²) in [6.45, 7) is 1.09. The van der Waals surface area contributed by atoms with Crippen molar-refractivity contribution < 1.29 is 18.7 Å². The van der Waals surface area contributed by atoms with Crippen LogP contribution in [0.4, 0.5) is 8.78 Å². The Labute approximate surface area is 141 Å². The number of aromatic nitrogens is 3. The standard InChI is InChI=1S/C14H11F2N5.C2H4O2/c15-10-5-1-3-8(11(10)16)7-21-14-9(4-2-6-19-14)12(20-21)13(17)18;1-2(3)4/h1-6H,7H2,(H3,17,18);1H3,(H,3,4). The third-order valence-corrected chi connectivity index (χ3v) is 3.11. The summed E-state index contributed by atoms with van der Waals surface area (Å²) < 4.78 is 28.4. The first-order chi connectivity index (χ1) is 11.8. The van der Waals surface area contributed by atoms with E-state index in [1.807, 2.05) is 0 Å². The highest BCUT2D eigenvalue weighted by molar-refractivity contribution is 6.04. The van der Waals surface area contributed by atoms with E-state index in [4.69, 9.17) is 21.0 Å². The number of fused-ring (bicyclic) bond motifs is 1. The predicted octanol–water partition coefficient (Wildman–Crippen LogP) is 2.13. The third-order valence-electron chi connectivity index (χ3n) is 3.11. The van der Waals surface area contributed by atoms with Crippen molar-refractivity contribution in [2.45, 2.75) is 13.5 Å². The van der Waals surface area contributed by atoms with Crippen molar-refractivity contribution in [1.82, 2.24) is 14.8 Å². The third kappa shape index (κ3) is 4.14. The number of hydrogen-bond donors (Lipinski definition) is 3. The van der Waals surface area contributed by atoms with Crippen molar-refractivity contribution in [3.63, 3.8) is 0 Å². The molecule has 3 rings (SSSR count). The number of nitrogens with two attached hydrogens (primary N) is 1. The number of pyridine rings is 1. The summed E-state index contributed by atoms with van der Waals surface area (Å²) in [5.74, 6) is -2.86. The van der Waals surface area contributed by atoms with Crippen LogP contribution in [0.2, 0.25) is 0 Å². The molecule has 3 aromatic rings. The van der Waals surface area contributed by atoms with E-state index in [2.05, 4.69) is 10.1 Å². The number of rotatable bonds is 3. The molecule has 0 bridgehead atoms. The molecule has 0 aliphatic rings. The number of nitrogens with one attached hydrogen (secondary N) is 1. The Morgan fingerprint density at radius 1 is 1.32 bits per heavy atom. The maximum atomic E-state index is 13.7. The highest BCUT2D eigenvalue weighted by atomic mass is 19.2. The number of halogens is 2. The molecule has 2 aromatic heterocycles. The van der Waals surface area contributed by atoms with Gasteiger partial charge in [0.05, 0.1) is 11.9 Å². The van der Waals surface area contributed by atoms with Crippen molar-refractivity contribution in [2.24, 2.45) is 5.73 Å². The molecule has 4 N–H and O–H groups in total. The Hall–Kier alpha value is -3.36. The normalized spacial score (nSPS) is 10.2. The van der Waals surface area contributed by atoms with Crippen molar-refractivity contribution in [1.29, 1.82) is 5.41 Å². The lowest BCUT2D eigenvalue weighted by atomic mass is 10.2. The maximum Gasteiger partial charge on any atom is 0.300 e. The first-order valence-corrected chi connectivity index (χ1v) is 7.09. The molecule has 0 amide bonds. The van der Waals surface area contributed by atoms with Crippen LogP contribution in [0, 0.1) is 17.0 Å². The number of carbonyl (C=O) groups is 1. The van der Waals surface area contributed by atoms with Gasteiger partial charge in [-0.05, 0) is 18.2 Å². The number of carboxylic acids is 1. The monoisotopic (exact) mass is 347 g/mol. The van der Waals surface area contributed by atoms with Gasteiger partial charge in [0.2, 0.25) is 0 Å². The molecule has 0 aliphatic heterocycles. The average Bonchev–Trinajstić information content (AvgIpc) is 2.90. The first-order valence-electron chi connectivity index (χ1n) is 7.09. The fourth-order valence-electron chi connectivity index (χ4n) is 2.15. The molecule has 130 valence electrons. The van der Waals surface area contributed by atoms with E-state index in [0.29, 0.717) is 11.0 Å². The number of benzene rings is 1. The van der Waals surface area contributed by atoms with Gasteiger partial charge in [-0.25, -0.2) is 18.4 Å². The Kier molecular flexibility index (Phi) is 5.38. The summed E-state index contributed by atoms with van der Waals surface area (Å²) >= 11 is 0. The zero-order chi connectivity index (χ0) is 18.6. The van der Waals surface area contributed by atoms with Gasteiger partial charge in [-0.2, -0.15) is 5.10 Å². The van der Waals surface area contributed by atoms with Gasteiger partial charge in [-0.1, -0.05) is 12.1 Å². The molecule has 0 unspecified atom stereocenters. The molecule has 0 saturated heterocycles. The average molecular weight is 347 g/mol. The van der Waals surface area contributed by atoms with E-state index in [1.54, 1.807) is 18.3 Å². The topological polar surface area (TPSA) is 118 Å². The molecule has 0 radical (unpaired) electrons. The summed E-state index contributed by atoms with van der Waals surface area (Å²) in [5, 5.41) is 19.7. The SMILES string of the molecule is CC(=O)O.N=C(N)c1nn(Cc2cccc(F)c2F)c2ncccc12. The second kappa shape index (κ2) is 7.47. The van der Waals surface area contributed by atoms with Gasteiger partial charge in [-0.15, -0.1) is 0 Å². The van der Waals surface area contributed by atoms with Gasteiger partial charge in [0.1, 0.15) is 11.5 Å². The Balaban J connectivity index is 0.000000511. The van der Waals surface area contributed by atoms with Crippen LogP contribution in [0.3, 0.4) is 0 Å².